The zero-order valence-corrected chi connectivity index (χ0v) is 11.8. The summed E-state index contributed by atoms with van der Waals surface area (Å²) < 4.78 is 38.3. The van der Waals surface area contributed by atoms with E-state index in [1.165, 1.54) is 6.92 Å². The number of sulfone groups is 1. The van der Waals surface area contributed by atoms with E-state index in [1.54, 1.807) is 0 Å². The lowest BCUT2D eigenvalue weighted by Gasteiger charge is -2.14. The summed E-state index contributed by atoms with van der Waals surface area (Å²) in [5, 5.41) is 6.87. The average Bonchev–Trinajstić information content (AvgIpc) is 2.31. The Balaban J connectivity index is 3.62. The van der Waals surface area contributed by atoms with Gasteiger partial charge in [0.15, 0.2) is 15.7 Å². The molecule has 0 aliphatic carbocycles. The van der Waals surface area contributed by atoms with Gasteiger partial charge >= 0.3 is 5.97 Å². The van der Waals surface area contributed by atoms with Crippen LogP contribution >= 0.6 is 11.6 Å². The van der Waals surface area contributed by atoms with Crippen LogP contribution in [0.3, 0.4) is 0 Å². The van der Waals surface area contributed by atoms with E-state index in [2.05, 4.69) is 0 Å². The maximum atomic E-state index is 14.0. The molecule has 3 N–H and O–H groups in total. The molecule has 9 heteroatoms. The van der Waals surface area contributed by atoms with Gasteiger partial charge in [-0.3, -0.25) is 4.79 Å². The molecule has 1 unspecified atom stereocenters. The standard InChI is InChI=1S/C11H11ClFNO5S/c1-2-7(10(14)15)20(18,19)8-4-5(12)3-6(9(8)13)11(16)17/h3-4,7H,2H2,1H3,(H2,14,15)(H,16,17). The van der Waals surface area contributed by atoms with E-state index >= 15 is 0 Å². The maximum Gasteiger partial charge on any atom is 0.338 e. The molecule has 0 spiro atoms. The molecule has 20 heavy (non-hydrogen) atoms. The van der Waals surface area contributed by atoms with E-state index in [1.807, 2.05) is 0 Å². The third kappa shape index (κ3) is 2.91. The normalized spacial score (nSPS) is 12.9. The van der Waals surface area contributed by atoms with Gasteiger partial charge in [0.05, 0.1) is 5.56 Å². The second-order valence-corrected chi connectivity index (χ2v) is 6.45. The Bertz CT molecular complexity index is 674. The van der Waals surface area contributed by atoms with Gasteiger partial charge in [-0.2, -0.15) is 0 Å². The molecular formula is C11H11ClFNO5S. The van der Waals surface area contributed by atoms with E-state index in [0.717, 1.165) is 12.1 Å². The molecule has 0 aliphatic rings. The van der Waals surface area contributed by atoms with Crippen molar-refractivity contribution >= 4 is 33.3 Å². The van der Waals surface area contributed by atoms with Gasteiger partial charge in [0.1, 0.15) is 10.1 Å². The van der Waals surface area contributed by atoms with E-state index < -0.39 is 43.2 Å². The van der Waals surface area contributed by atoms with Crippen LogP contribution in [0.5, 0.6) is 0 Å². The Kier molecular flexibility index (Phi) is 4.72. The van der Waals surface area contributed by atoms with Gasteiger partial charge < -0.3 is 10.8 Å². The summed E-state index contributed by atoms with van der Waals surface area (Å²) in [4.78, 5) is 21.0. The molecular weight excluding hydrogens is 313 g/mol. The van der Waals surface area contributed by atoms with E-state index in [4.69, 9.17) is 22.4 Å². The smallest absolute Gasteiger partial charge is 0.338 e. The monoisotopic (exact) mass is 323 g/mol. The fourth-order valence-corrected chi connectivity index (χ4v) is 3.64. The second-order valence-electron chi connectivity index (χ2n) is 3.91. The summed E-state index contributed by atoms with van der Waals surface area (Å²) in [5.74, 6) is -4.29. The SMILES string of the molecule is CCC(C(N)=O)S(=O)(=O)c1cc(Cl)cc(C(=O)O)c1F. The van der Waals surface area contributed by atoms with Crippen LogP contribution in [0.15, 0.2) is 17.0 Å². The quantitative estimate of drug-likeness (QED) is 0.845. The fraction of sp³-hybridized carbons (Fsp3) is 0.273. The molecule has 110 valence electrons. The van der Waals surface area contributed by atoms with Crippen LogP contribution in [-0.4, -0.2) is 30.7 Å². The van der Waals surface area contributed by atoms with Crippen LogP contribution in [0.1, 0.15) is 23.7 Å². The molecule has 1 aromatic rings. The van der Waals surface area contributed by atoms with Gasteiger partial charge in [0.25, 0.3) is 0 Å². The zero-order chi connectivity index (χ0) is 15.7. The van der Waals surface area contributed by atoms with Crippen molar-refractivity contribution in [2.45, 2.75) is 23.5 Å². The predicted octanol–water partition coefficient (Wildman–Crippen LogP) is 1.21. The first-order valence-electron chi connectivity index (χ1n) is 5.38. The fourth-order valence-electron chi connectivity index (χ4n) is 1.65. The van der Waals surface area contributed by atoms with Crippen LogP contribution in [-0.2, 0) is 14.6 Å². The maximum absolute atomic E-state index is 14.0. The molecule has 0 aliphatic heterocycles. The number of carbonyl (C=O) groups excluding carboxylic acids is 1. The van der Waals surface area contributed by atoms with E-state index in [0.29, 0.717) is 0 Å². The first-order chi connectivity index (χ1) is 9.12. The first-order valence-corrected chi connectivity index (χ1v) is 7.30. The number of carbonyl (C=O) groups is 2. The lowest BCUT2D eigenvalue weighted by molar-refractivity contribution is -0.117. The molecule has 1 aromatic carbocycles. The Labute approximate surface area is 119 Å². The van der Waals surface area contributed by atoms with Crippen LogP contribution < -0.4 is 5.73 Å². The molecule has 0 heterocycles. The molecule has 0 fully saturated rings. The highest BCUT2D eigenvalue weighted by Crippen LogP contribution is 2.27. The summed E-state index contributed by atoms with van der Waals surface area (Å²) in [7, 11) is -4.46. The first kappa shape index (κ1) is 16.4. The van der Waals surface area contributed by atoms with Crippen LogP contribution in [0, 0.1) is 5.82 Å². The van der Waals surface area contributed by atoms with Gasteiger partial charge in [0.2, 0.25) is 5.91 Å². The van der Waals surface area contributed by atoms with Crippen molar-refractivity contribution in [1.82, 2.24) is 0 Å². The number of carboxylic acids is 1. The summed E-state index contributed by atoms with van der Waals surface area (Å²) >= 11 is 5.59. The highest BCUT2D eigenvalue weighted by Gasteiger charge is 2.35. The number of halogens is 2. The Morgan fingerprint density at radius 1 is 1.45 bits per heavy atom. The molecule has 1 rings (SSSR count). The molecule has 1 amide bonds. The summed E-state index contributed by atoms with van der Waals surface area (Å²) in [6.45, 7) is 1.38. The van der Waals surface area contributed by atoms with E-state index in [9.17, 15) is 22.4 Å². The number of amides is 1. The zero-order valence-electron chi connectivity index (χ0n) is 10.3. The number of aromatic carboxylic acids is 1. The van der Waals surface area contributed by atoms with Crippen molar-refractivity contribution in [2.75, 3.05) is 0 Å². The largest absolute Gasteiger partial charge is 0.478 e. The van der Waals surface area contributed by atoms with Crippen molar-refractivity contribution < 1.29 is 27.5 Å². The number of carboxylic acid groups (broad SMARTS) is 1. The summed E-state index contributed by atoms with van der Waals surface area (Å²) in [5.41, 5.74) is 4.07. The second kappa shape index (κ2) is 5.76. The van der Waals surface area contributed by atoms with Crippen molar-refractivity contribution in [2.24, 2.45) is 5.73 Å². The molecule has 6 nitrogen and oxygen atoms in total. The molecule has 0 aromatic heterocycles. The Morgan fingerprint density at radius 2 is 2.00 bits per heavy atom. The van der Waals surface area contributed by atoms with Gasteiger partial charge in [-0.15, -0.1) is 0 Å². The molecule has 0 saturated heterocycles. The minimum atomic E-state index is -4.46. The topological polar surface area (TPSA) is 115 Å². The Morgan fingerprint density at radius 3 is 2.40 bits per heavy atom. The summed E-state index contributed by atoms with van der Waals surface area (Å²) in [6, 6.07) is 1.54. The molecule has 0 saturated carbocycles. The van der Waals surface area contributed by atoms with Gasteiger partial charge in [-0.25, -0.2) is 17.6 Å². The van der Waals surface area contributed by atoms with Gasteiger partial charge in [0, 0.05) is 5.02 Å². The average molecular weight is 324 g/mol. The third-order valence-electron chi connectivity index (χ3n) is 2.60. The van der Waals surface area contributed by atoms with Crippen molar-refractivity contribution in [3.8, 4) is 0 Å². The minimum absolute atomic E-state index is 0.175. The minimum Gasteiger partial charge on any atom is -0.478 e. The van der Waals surface area contributed by atoms with Crippen LogP contribution in [0.2, 0.25) is 5.02 Å². The van der Waals surface area contributed by atoms with Gasteiger partial charge in [-0.05, 0) is 18.6 Å². The number of nitrogens with two attached hydrogens (primary N) is 1. The van der Waals surface area contributed by atoms with Crippen molar-refractivity contribution in [1.29, 1.82) is 0 Å². The number of primary amides is 1. The predicted molar refractivity (Wildman–Crippen MR) is 68.8 cm³/mol. The lowest BCUT2D eigenvalue weighted by Crippen LogP contribution is -2.36. The molecule has 0 bridgehead atoms. The van der Waals surface area contributed by atoms with Crippen LogP contribution in [0.4, 0.5) is 4.39 Å². The Hall–Kier alpha value is -1.67. The highest BCUT2D eigenvalue weighted by molar-refractivity contribution is 7.92. The highest BCUT2D eigenvalue weighted by atomic mass is 35.5. The third-order valence-corrected chi connectivity index (χ3v) is 5.05. The number of hydrogen-bond donors (Lipinski definition) is 2. The van der Waals surface area contributed by atoms with Crippen LogP contribution in [0.25, 0.3) is 0 Å². The summed E-state index contributed by atoms with van der Waals surface area (Å²) in [6.07, 6.45) is -0.175. The van der Waals surface area contributed by atoms with Gasteiger partial charge in [-0.1, -0.05) is 18.5 Å². The molecule has 1 atom stereocenters. The van der Waals surface area contributed by atoms with Crippen molar-refractivity contribution in [3.63, 3.8) is 0 Å². The lowest BCUT2D eigenvalue weighted by atomic mass is 10.2. The number of benzene rings is 1. The molecule has 0 radical (unpaired) electrons. The van der Waals surface area contributed by atoms with Crippen molar-refractivity contribution in [3.05, 3.63) is 28.5 Å². The number of rotatable bonds is 5. The number of hydrogen-bond acceptors (Lipinski definition) is 4. The van der Waals surface area contributed by atoms with E-state index in [-0.39, 0.29) is 11.4 Å².